The Morgan fingerprint density at radius 1 is 1.65 bits per heavy atom. The molecule has 1 amide bonds. The highest BCUT2D eigenvalue weighted by Crippen LogP contribution is 2.67. The van der Waals surface area contributed by atoms with Gasteiger partial charge in [-0.2, -0.15) is 0 Å². The Morgan fingerprint density at radius 2 is 2.41 bits per heavy atom. The van der Waals surface area contributed by atoms with E-state index < -0.39 is 11.8 Å². The molecule has 4 nitrogen and oxygen atoms in total. The van der Waals surface area contributed by atoms with E-state index in [-0.39, 0.29) is 29.8 Å². The van der Waals surface area contributed by atoms with E-state index in [0.717, 1.165) is 6.42 Å². The molecule has 7 atom stereocenters. The second kappa shape index (κ2) is 2.75. The van der Waals surface area contributed by atoms with Crippen molar-refractivity contribution in [1.82, 2.24) is 4.90 Å². The Kier molecular flexibility index (Phi) is 1.63. The monoisotopic (exact) mass is 235 g/mol. The van der Waals surface area contributed by atoms with Crippen LogP contribution in [-0.4, -0.2) is 40.4 Å². The van der Waals surface area contributed by atoms with E-state index >= 15 is 0 Å². The van der Waals surface area contributed by atoms with Crippen molar-refractivity contribution in [1.29, 1.82) is 0 Å². The molecule has 0 radical (unpaired) electrons. The summed E-state index contributed by atoms with van der Waals surface area (Å²) in [5.41, 5.74) is -0.627. The largest absolute Gasteiger partial charge is 0.390 e. The maximum Gasteiger partial charge on any atom is 0.229 e. The number of carbonyl (C=O) groups is 1. The maximum absolute atomic E-state index is 12.4. The lowest BCUT2D eigenvalue weighted by Crippen LogP contribution is -2.49. The summed E-state index contributed by atoms with van der Waals surface area (Å²) >= 11 is 0. The van der Waals surface area contributed by atoms with Crippen LogP contribution in [0.3, 0.4) is 0 Å². The molecule has 2 saturated carbocycles. The minimum atomic E-state index is -0.627. The number of nitrogens with zero attached hydrogens (tertiary/aromatic N) is 1. The van der Waals surface area contributed by atoms with Crippen LogP contribution in [0.1, 0.15) is 13.3 Å². The quantitative estimate of drug-likeness (QED) is 0.704. The third kappa shape index (κ3) is 0.799. The summed E-state index contributed by atoms with van der Waals surface area (Å²) in [5.74, 6) is 0.805. The third-order valence-electron chi connectivity index (χ3n) is 5.44. The van der Waals surface area contributed by atoms with Gasteiger partial charge in [-0.05, 0) is 31.3 Å². The molecule has 0 spiro atoms. The average Bonchev–Trinajstić information content (AvgIpc) is 2.95. The zero-order valence-electron chi connectivity index (χ0n) is 9.87. The summed E-state index contributed by atoms with van der Waals surface area (Å²) < 4.78 is 6.09. The lowest BCUT2D eigenvalue weighted by atomic mass is 9.77. The Balaban J connectivity index is 1.90. The van der Waals surface area contributed by atoms with Crippen LogP contribution < -0.4 is 0 Å². The molecule has 17 heavy (non-hydrogen) atoms. The van der Waals surface area contributed by atoms with Gasteiger partial charge in [0.05, 0.1) is 18.1 Å². The standard InChI is InChI=1S/C13H17NO3/c1-3-13-9-7-5-6(10(15)11(7)17-13)8(9)12(16)14(13)4-2/h3,6-11,15H,1,4-5H2,2H3. The Morgan fingerprint density at radius 3 is 3.06 bits per heavy atom. The fourth-order valence-corrected chi connectivity index (χ4v) is 4.97. The number of likely N-dealkylation sites (tertiary alicyclic amines) is 1. The van der Waals surface area contributed by atoms with Crippen molar-refractivity contribution < 1.29 is 14.6 Å². The van der Waals surface area contributed by atoms with Gasteiger partial charge >= 0.3 is 0 Å². The molecule has 92 valence electrons. The van der Waals surface area contributed by atoms with Crippen molar-refractivity contribution in [3.05, 3.63) is 12.7 Å². The summed E-state index contributed by atoms with van der Waals surface area (Å²) in [7, 11) is 0. The van der Waals surface area contributed by atoms with Crippen LogP contribution >= 0.6 is 0 Å². The van der Waals surface area contributed by atoms with Crippen LogP contribution in [0.25, 0.3) is 0 Å². The number of carbonyl (C=O) groups excluding carboxylic acids is 1. The zero-order valence-corrected chi connectivity index (χ0v) is 9.87. The smallest absolute Gasteiger partial charge is 0.229 e. The molecule has 0 aromatic carbocycles. The molecule has 4 fully saturated rings. The van der Waals surface area contributed by atoms with Gasteiger partial charge in [0.1, 0.15) is 0 Å². The summed E-state index contributed by atoms with van der Waals surface area (Å²) in [5, 5.41) is 10.2. The van der Waals surface area contributed by atoms with E-state index in [9.17, 15) is 9.90 Å². The molecule has 0 aromatic rings. The second-order valence-corrected chi connectivity index (χ2v) is 5.73. The van der Waals surface area contributed by atoms with Crippen molar-refractivity contribution in [2.24, 2.45) is 23.7 Å². The van der Waals surface area contributed by atoms with Gasteiger partial charge in [0.25, 0.3) is 0 Å². The first-order chi connectivity index (χ1) is 8.15. The summed E-state index contributed by atoms with van der Waals surface area (Å²) in [6.07, 6.45) is 2.19. The van der Waals surface area contributed by atoms with Crippen molar-refractivity contribution in [3.63, 3.8) is 0 Å². The molecule has 4 rings (SSSR count). The molecule has 2 aliphatic heterocycles. The molecule has 0 aromatic heterocycles. The van der Waals surface area contributed by atoms with Crippen molar-refractivity contribution in [2.75, 3.05) is 6.54 Å². The van der Waals surface area contributed by atoms with Gasteiger partial charge in [-0.25, -0.2) is 0 Å². The normalized spacial score (nSPS) is 58.2. The molecule has 2 aliphatic carbocycles. The molecular weight excluding hydrogens is 218 g/mol. The van der Waals surface area contributed by atoms with Gasteiger partial charge in [0.2, 0.25) is 5.91 Å². The third-order valence-corrected chi connectivity index (χ3v) is 5.44. The van der Waals surface area contributed by atoms with Gasteiger partial charge in [-0.15, -0.1) is 0 Å². The number of rotatable bonds is 2. The summed E-state index contributed by atoms with van der Waals surface area (Å²) in [4.78, 5) is 14.3. The Hall–Kier alpha value is -0.870. The van der Waals surface area contributed by atoms with Crippen LogP contribution in [-0.2, 0) is 9.53 Å². The average molecular weight is 235 g/mol. The number of ether oxygens (including phenoxy) is 1. The van der Waals surface area contributed by atoms with E-state index in [1.54, 1.807) is 6.08 Å². The first-order valence-corrected chi connectivity index (χ1v) is 6.46. The fourth-order valence-electron chi connectivity index (χ4n) is 4.97. The van der Waals surface area contributed by atoms with Gasteiger partial charge in [-0.3, -0.25) is 4.79 Å². The first-order valence-electron chi connectivity index (χ1n) is 6.46. The van der Waals surface area contributed by atoms with E-state index in [1.165, 1.54) is 0 Å². The molecule has 2 heterocycles. The minimum Gasteiger partial charge on any atom is -0.390 e. The number of likely N-dealkylation sites (N-methyl/N-ethyl adjacent to an activating group) is 1. The van der Waals surface area contributed by atoms with Gasteiger partial charge < -0.3 is 14.7 Å². The molecule has 1 N–H and O–H groups in total. The summed E-state index contributed by atoms with van der Waals surface area (Å²) in [6, 6.07) is 0. The van der Waals surface area contributed by atoms with Crippen LogP contribution in [0.5, 0.6) is 0 Å². The number of aliphatic hydroxyl groups is 1. The number of hydrogen-bond acceptors (Lipinski definition) is 3. The van der Waals surface area contributed by atoms with Crippen LogP contribution in [0, 0.1) is 23.7 Å². The Bertz CT molecular complexity index is 423. The first kappa shape index (κ1) is 10.1. The molecule has 2 saturated heterocycles. The van der Waals surface area contributed by atoms with Gasteiger partial charge in [-0.1, -0.05) is 6.58 Å². The SMILES string of the molecule is C=CC12OC3C(O)C4CC3C1C4C(=O)N2CC. The lowest BCUT2D eigenvalue weighted by molar-refractivity contribution is -0.163. The van der Waals surface area contributed by atoms with Gasteiger partial charge in [0.15, 0.2) is 5.72 Å². The molecule has 4 heteroatoms. The summed E-state index contributed by atoms with van der Waals surface area (Å²) in [6.45, 7) is 6.51. The van der Waals surface area contributed by atoms with Crippen molar-refractivity contribution >= 4 is 5.91 Å². The maximum atomic E-state index is 12.4. The van der Waals surface area contributed by atoms with Crippen LogP contribution in [0.2, 0.25) is 0 Å². The zero-order chi connectivity index (χ0) is 11.9. The Labute approximate surface area is 100 Å². The predicted octanol–water partition coefficient (Wildman–Crippen LogP) is 0.373. The predicted molar refractivity (Wildman–Crippen MR) is 59.8 cm³/mol. The lowest BCUT2D eigenvalue weighted by Gasteiger charge is -2.35. The van der Waals surface area contributed by atoms with E-state index in [1.807, 2.05) is 11.8 Å². The molecule has 2 bridgehead atoms. The topological polar surface area (TPSA) is 49.8 Å². The number of hydrogen-bond donors (Lipinski definition) is 1. The highest BCUT2D eigenvalue weighted by Gasteiger charge is 2.77. The van der Waals surface area contributed by atoms with Crippen molar-refractivity contribution in [2.45, 2.75) is 31.3 Å². The highest BCUT2D eigenvalue weighted by atomic mass is 16.6. The van der Waals surface area contributed by atoms with Crippen molar-refractivity contribution in [3.8, 4) is 0 Å². The van der Waals surface area contributed by atoms with E-state index in [2.05, 4.69) is 6.58 Å². The highest BCUT2D eigenvalue weighted by molar-refractivity contribution is 5.85. The second-order valence-electron chi connectivity index (χ2n) is 5.73. The number of fused-ring (bicyclic) bond motifs is 2. The van der Waals surface area contributed by atoms with Crippen LogP contribution in [0.15, 0.2) is 12.7 Å². The number of amides is 1. The minimum absolute atomic E-state index is 0.0355. The molecular formula is C13H17NO3. The van der Waals surface area contributed by atoms with E-state index in [0.29, 0.717) is 12.5 Å². The molecule has 4 aliphatic rings. The number of aliphatic hydroxyl groups excluding tert-OH is 1. The van der Waals surface area contributed by atoms with Gasteiger partial charge in [0, 0.05) is 12.5 Å². The molecule has 7 unspecified atom stereocenters. The van der Waals surface area contributed by atoms with Crippen LogP contribution in [0.4, 0.5) is 0 Å². The van der Waals surface area contributed by atoms with E-state index in [4.69, 9.17) is 4.74 Å². The fraction of sp³-hybridized carbons (Fsp3) is 0.769.